The van der Waals surface area contributed by atoms with E-state index < -0.39 is 0 Å². The smallest absolute Gasteiger partial charge is 0.282 e. The van der Waals surface area contributed by atoms with Gasteiger partial charge in [0.2, 0.25) is 0 Å². The monoisotopic (exact) mass is 304 g/mol. The summed E-state index contributed by atoms with van der Waals surface area (Å²) in [6.07, 6.45) is 4.95. The Balaban J connectivity index is 1.85. The first-order valence-electron chi connectivity index (χ1n) is 7.57. The molecule has 0 amide bonds. The number of benzene rings is 1. The van der Waals surface area contributed by atoms with Crippen LogP contribution in [-0.4, -0.2) is 22.6 Å². The van der Waals surface area contributed by atoms with Crippen LogP contribution in [-0.2, 0) is 17.6 Å². The maximum Gasteiger partial charge on any atom is 0.282 e. The van der Waals surface area contributed by atoms with Crippen LogP contribution in [0, 0.1) is 6.57 Å². The predicted molar refractivity (Wildman–Crippen MR) is 88.2 cm³/mol. The number of nitrogens with zero attached hydrogens (tertiary/aromatic N) is 3. The normalized spacial score (nSPS) is 24.9. The molecule has 5 heteroatoms. The van der Waals surface area contributed by atoms with Crippen molar-refractivity contribution in [2.45, 2.75) is 31.4 Å². The second-order valence-corrected chi connectivity index (χ2v) is 6.12. The van der Waals surface area contributed by atoms with Gasteiger partial charge in [0.25, 0.3) is 6.02 Å². The Bertz CT molecular complexity index is 868. The number of aliphatic imine (C=N–C) groups is 1. The van der Waals surface area contributed by atoms with E-state index in [1.54, 1.807) is 18.5 Å². The third-order valence-electron chi connectivity index (χ3n) is 4.85. The van der Waals surface area contributed by atoms with E-state index in [0.29, 0.717) is 5.69 Å². The molecule has 0 bridgehead atoms. The highest BCUT2D eigenvalue weighted by molar-refractivity contribution is 5.81. The van der Waals surface area contributed by atoms with E-state index in [1.165, 1.54) is 11.1 Å². The Hall–Kier alpha value is -2.87. The molecule has 0 unspecified atom stereocenters. The minimum Gasteiger partial charge on any atom is -0.460 e. The predicted octanol–water partition coefficient (Wildman–Crippen LogP) is 2.87. The van der Waals surface area contributed by atoms with E-state index in [-0.39, 0.29) is 17.7 Å². The minimum atomic E-state index is -0.316. The Morgan fingerprint density at radius 3 is 2.91 bits per heavy atom. The zero-order valence-corrected chi connectivity index (χ0v) is 12.8. The van der Waals surface area contributed by atoms with Crippen LogP contribution >= 0.6 is 0 Å². The van der Waals surface area contributed by atoms with Gasteiger partial charge < -0.3 is 10.5 Å². The molecule has 0 fully saturated rings. The lowest BCUT2D eigenvalue weighted by Gasteiger charge is -2.23. The van der Waals surface area contributed by atoms with Crippen molar-refractivity contribution in [3.63, 3.8) is 0 Å². The number of hydrogen-bond acceptors (Lipinski definition) is 4. The van der Waals surface area contributed by atoms with E-state index in [1.807, 2.05) is 13.0 Å². The molecule has 1 aliphatic carbocycles. The fourth-order valence-corrected chi connectivity index (χ4v) is 3.65. The van der Waals surface area contributed by atoms with Crippen LogP contribution < -0.4 is 5.73 Å². The van der Waals surface area contributed by atoms with Gasteiger partial charge in [-0.3, -0.25) is 4.98 Å². The maximum absolute atomic E-state index is 7.39. The molecular formula is C18H16N4O. The summed E-state index contributed by atoms with van der Waals surface area (Å²) in [7, 11) is 0. The first-order valence-corrected chi connectivity index (χ1v) is 7.57. The van der Waals surface area contributed by atoms with Crippen molar-refractivity contribution in [3.05, 3.63) is 59.2 Å². The molecule has 0 saturated heterocycles. The minimum absolute atomic E-state index is 0.0445. The lowest BCUT2D eigenvalue weighted by atomic mass is 9.90. The molecule has 23 heavy (non-hydrogen) atoms. The van der Waals surface area contributed by atoms with Crippen molar-refractivity contribution in [3.8, 4) is 11.1 Å². The maximum atomic E-state index is 7.39. The van der Waals surface area contributed by atoms with E-state index in [9.17, 15) is 0 Å². The number of hydrogen-bond donors (Lipinski definition) is 1. The van der Waals surface area contributed by atoms with Crippen LogP contribution in [0.3, 0.4) is 0 Å². The highest BCUT2D eigenvalue weighted by Crippen LogP contribution is 2.44. The van der Waals surface area contributed by atoms with Gasteiger partial charge in [-0.2, -0.15) is 0 Å². The molecule has 2 aromatic rings. The van der Waals surface area contributed by atoms with Crippen molar-refractivity contribution in [1.29, 1.82) is 0 Å². The van der Waals surface area contributed by atoms with Gasteiger partial charge in [-0.15, -0.1) is 0 Å². The summed E-state index contributed by atoms with van der Waals surface area (Å²) in [6, 6.07) is 8.23. The third-order valence-corrected chi connectivity index (χ3v) is 4.85. The SMILES string of the molecule is [C-]#[N+]c1ccncc1-c1cccc2c1C[C@@]1(C2)N=C(N)O[C@@H]1C. The third kappa shape index (κ3) is 1.99. The summed E-state index contributed by atoms with van der Waals surface area (Å²) in [4.78, 5) is 12.4. The number of aromatic nitrogens is 1. The molecule has 1 aromatic heterocycles. The van der Waals surface area contributed by atoms with Crippen molar-refractivity contribution in [2.75, 3.05) is 0 Å². The number of nitrogens with two attached hydrogens (primary N) is 1. The number of pyridine rings is 1. The van der Waals surface area contributed by atoms with Gasteiger partial charge in [-0.25, -0.2) is 9.84 Å². The molecule has 2 N–H and O–H groups in total. The number of ether oxygens (including phenoxy) is 1. The van der Waals surface area contributed by atoms with Crippen LogP contribution in [0.25, 0.3) is 16.0 Å². The molecule has 4 rings (SSSR count). The molecule has 2 aliphatic rings. The molecule has 5 nitrogen and oxygen atoms in total. The Morgan fingerprint density at radius 2 is 2.17 bits per heavy atom. The number of rotatable bonds is 1. The van der Waals surface area contributed by atoms with Crippen molar-refractivity contribution in [2.24, 2.45) is 10.7 Å². The van der Waals surface area contributed by atoms with Gasteiger partial charge in [0.05, 0.1) is 6.57 Å². The number of fused-ring (bicyclic) bond motifs is 1. The van der Waals surface area contributed by atoms with E-state index in [2.05, 4.69) is 27.0 Å². The van der Waals surface area contributed by atoms with Gasteiger partial charge in [-0.05, 0) is 29.7 Å². The van der Waals surface area contributed by atoms with Crippen molar-refractivity contribution >= 4 is 11.7 Å². The van der Waals surface area contributed by atoms with Gasteiger partial charge >= 0.3 is 0 Å². The molecule has 2 heterocycles. The van der Waals surface area contributed by atoms with E-state index in [0.717, 1.165) is 24.0 Å². The highest BCUT2D eigenvalue weighted by atomic mass is 16.5. The average molecular weight is 304 g/mol. The van der Waals surface area contributed by atoms with Crippen LogP contribution in [0.5, 0.6) is 0 Å². The summed E-state index contributed by atoms with van der Waals surface area (Å²) < 4.78 is 5.59. The average Bonchev–Trinajstić information content (AvgIpc) is 3.06. The van der Waals surface area contributed by atoms with Gasteiger partial charge in [0, 0.05) is 30.8 Å². The fraction of sp³-hybridized carbons (Fsp3) is 0.278. The van der Waals surface area contributed by atoms with Crippen LogP contribution in [0.1, 0.15) is 18.1 Å². The molecule has 2 atom stereocenters. The zero-order chi connectivity index (χ0) is 16.0. The topological polar surface area (TPSA) is 64.9 Å². The summed E-state index contributed by atoms with van der Waals surface area (Å²) in [5.74, 6) is 0. The van der Waals surface area contributed by atoms with Crippen LogP contribution in [0.2, 0.25) is 0 Å². The summed E-state index contributed by atoms with van der Waals surface area (Å²) in [5, 5.41) is 0. The molecular weight excluding hydrogens is 288 g/mol. The molecule has 0 saturated carbocycles. The first-order chi connectivity index (χ1) is 11.1. The molecule has 1 aliphatic heterocycles. The Labute approximate surface area is 134 Å². The first kappa shape index (κ1) is 13.8. The Morgan fingerprint density at radius 1 is 1.30 bits per heavy atom. The molecule has 114 valence electrons. The van der Waals surface area contributed by atoms with E-state index >= 15 is 0 Å². The quantitative estimate of drug-likeness (QED) is 0.824. The highest BCUT2D eigenvalue weighted by Gasteiger charge is 2.48. The lowest BCUT2D eigenvalue weighted by molar-refractivity contribution is 0.157. The summed E-state index contributed by atoms with van der Waals surface area (Å²) in [5.41, 5.74) is 10.5. The standard InChI is InChI=1S/C18H16N4O/c1-11-18(22-17(19)23-11)8-12-4-3-5-13(14(12)9-18)15-10-21-7-6-16(15)20-2/h3-7,10-11H,8-9H2,1H3,(H2,19,22)/t11-,18-/m1/s1. The van der Waals surface area contributed by atoms with Crippen molar-refractivity contribution < 1.29 is 4.74 Å². The van der Waals surface area contributed by atoms with Crippen LogP contribution in [0.15, 0.2) is 41.7 Å². The molecule has 1 aromatic carbocycles. The lowest BCUT2D eigenvalue weighted by Crippen LogP contribution is -2.36. The second-order valence-electron chi connectivity index (χ2n) is 6.12. The molecule has 0 radical (unpaired) electrons. The Kier molecular flexibility index (Phi) is 2.88. The summed E-state index contributed by atoms with van der Waals surface area (Å²) >= 11 is 0. The second kappa shape index (κ2) is 4.82. The van der Waals surface area contributed by atoms with Gasteiger partial charge in [0.15, 0.2) is 5.69 Å². The number of amidine groups is 1. The van der Waals surface area contributed by atoms with E-state index in [4.69, 9.17) is 17.0 Å². The van der Waals surface area contributed by atoms with Crippen molar-refractivity contribution in [1.82, 2.24) is 4.98 Å². The van der Waals surface area contributed by atoms with Gasteiger partial charge in [-0.1, -0.05) is 18.2 Å². The zero-order valence-electron chi connectivity index (χ0n) is 12.8. The summed E-state index contributed by atoms with van der Waals surface area (Å²) in [6.45, 7) is 9.41. The van der Waals surface area contributed by atoms with Crippen LogP contribution in [0.4, 0.5) is 5.69 Å². The largest absolute Gasteiger partial charge is 0.460 e. The fourth-order valence-electron chi connectivity index (χ4n) is 3.65. The van der Waals surface area contributed by atoms with Gasteiger partial charge in [0.1, 0.15) is 11.6 Å². The molecule has 1 spiro atoms.